The van der Waals surface area contributed by atoms with Gasteiger partial charge >= 0.3 is 0 Å². The summed E-state index contributed by atoms with van der Waals surface area (Å²) in [6.45, 7) is 0. The molecule has 0 bridgehead atoms. The molecule has 0 N–H and O–H groups in total. The van der Waals surface area contributed by atoms with Crippen LogP contribution in [-0.4, -0.2) is 33.9 Å². The molecule has 1 atom stereocenters. The number of fused-ring (bicyclic) bond motifs is 4. The monoisotopic (exact) mass is 476 g/mol. The molecule has 1 aliphatic carbocycles. The molecule has 0 saturated carbocycles. The van der Waals surface area contributed by atoms with Crippen molar-refractivity contribution < 1.29 is 9.59 Å². The van der Waals surface area contributed by atoms with E-state index in [-0.39, 0.29) is 27.7 Å². The Balaban J connectivity index is 1.62. The van der Waals surface area contributed by atoms with Crippen LogP contribution in [0.5, 0.6) is 0 Å². The van der Waals surface area contributed by atoms with Gasteiger partial charge in [0.25, 0.3) is 0 Å². The van der Waals surface area contributed by atoms with Crippen LogP contribution in [0.15, 0.2) is 91.0 Å². The van der Waals surface area contributed by atoms with Crippen LogP contribution in [0.1, 0.15) is 38.3 Å². The number of rotatable bonds is 4. The van der Waals surface area contributed by atoms with Gasteiger partial charge in [0.1, 0.15) is 0 Å². The molecule has 0 aliphatic heterocycles. The van der Waals surface area contributed by atoms with Crippen LogP contribution in [0.25, 0.3) is 27.5 Å². The lowest BCUT2D eigenvalue weighted by molar-refractivity contribution is 0.0977. The summed E-state index contributed by atoms with van der Waals surface area (Å²) in [6.07, 6.45) is 6.15. The quantitative estimate of drug-likeness (QED) is 0.223. The number of para-hydroxylation sites is 1. The maximum absolute atomic E-state index is 13.4. The van der Waals surface area contributed by atoms with E-state index < -0.39 is 0 Å². The van der Waals surface area contributed by atoms with Crippen molar-refractivity contribution in [1.82, 2.24) is 4.57 Å². The molecule has 4 aromatic carbocycles. The molecule has 0 saturated heterocycles. The van der Waals surface area contributed by atoms with Gasteiger partial charge in [-0.15, -0.1) is 0 Å². The van der Waals surface area contributed by atoms with Crippen LogP contribution in [0, 0.1) is 0 Å². The van der Waals surface area contributed by atoms with E-state index in [4.69, 9.17) is 0 Å². The first-order valence-electron chi connectivity index (χ1n) is 11.9. The summed E-state index contributed by atoms with van der Waals surface area (Å²) in [4.78, 5) is 26.7. The third-order valence-corrected chi connectivity index (χ3v) is 8.69. The molecule has 0 amide bonds. The molecule has 0 spiro atoms. The summed E-state index contributed by atoms with van der Waals surface area (Å²) in [5.41, 5.74) is 6.48. The number of benzene rings is 4. The minimum atomic E-state index is 0.00298. The van der Waals surface area contributed by atoms with Gasteiger partial charge in [-0.05, 0) is 65.3 Å². The number of nitrogens with zero attached hydrogens (tertiary/aromatic N) is 1. The van der Waals surface area contributed by atoms with Crippen molar-refractivity contribution in [2.75, 3.05) is 12.5 Å². The van der Waals surface area contributed by atoms with Crippen LogP contribution in [0.2, 0.25) is 0 Å². The van der Waals surface area contributed by atoms with Crippen LogP contribution in [0.4, 0.5) is 0 Å². The number of aromatic nitrogens is 1. The molecule has 0 fully saturated rings. The molecule has 4 heteroatoms. The van der Waals surface area contributed by atoms with E-state index in [1.54, 1.807) is 0 Å². The molecule has 1 heterocycles. The Morgan fingerprint density at radius 2 is 1.49 bits per heavy atom. The topological polar surface area (TPSA) is 39.1 Å². The van der Waals surface area contributed by atoms with Crippen molar-refractivity contribution in [3.8, 4) is 5.69 Å². The van der Waals surface area contributed by atoms with Crippen molar-refractivity contribution in [3.63, 3.8) is 0 Å². The van der Waals surface area contributed by atoms with Crippen molar-refractivity contribution in [2.45, 2.75) is 18.1 Å². The van der Waals surface area contributed by atoms with Gasteiger partial charge in [-0.25, -0.2) is 0 Å². The Labute approximate surface area is 207 Å². The van der Waals surface area contributed by atoms with E-state index in [0.717, 1.165) is 51.5 Å². The zero-order valence-corrected chi connectivity index (χ0v) is 20.6. The van der Waals surface area contributed by atoms with Gasteiger partial charge in [-0.3, -0.25) is 9.59 Å². The van der Waals surface area contributed by atoms with Gasteiger partial charge in [0.15, 0.2) is 11.0 Å². The van der Waals surface area contributed by atoms with Crippen molar-refractivity contribution in [3.05, 3.63) is 113 Å². The molecular formula is C31H26NO2S+. The number of Topliss-reactive ketones (excluding diaryl/α,β-unsaturated/α-hetero) is 1. The summed E-state index contributed by atoms with van der Waals surface area (Å²) in [6, 6.07) is 29.9. The summed E-state index contributed by atoms with van der Waals surface area (Å²) in [7, 11) is 0.0448. The summed E-state index contributed by atoms with van der Waals surface area (Å²) < 4.78 is 2.25. The normalized spacial score (nSPS) is 15.6. The Morgan fingerprint density at radius 1 is 0.800 bits per heavy atom. The number of carbonyl (C=O) groups excluding carboxylic acids is 2. The van der Waals surface area contributed by atoms with Gasteiger partial charge in [-0.1, -0.05) is 48.5 Å². The van der Waals surface area contributed by atoms with Crippen LogP contribution < -0.4 is 0 Å². The Kier molecular flexibility index (Phi) is 5.34. The van der Waals surface area contributed by atoms with Crippen molar-refractivity contribution in [2.24, 2.45) is 0 Å². The van der Waals surface area contributed by atoms with Crippen LogP contribution in [-0.2, 0) is 17.3 Å². The summed E-state index contributed by atoms with van der Waals surface area (Å²) >= 11 is 0. The molecule has 5 aromatic rings. The standard InChI is InChI=1S/C31H26NO2S/c1-35(2)29-16-14-21-18-28-26(19-24(21)31(29)34)25-17-22(30(33)20-9-5-3-6-10-20)13-15-27(25)32(28)23-11-7-4-8-12-23/h3-13,15,17-19,29H,14,16H2,1-2H3/q+1. The van der Waals surface area contributed by atoms with Gasteiger partial charge in [-0.2, -0.15) is 0 Å². The highest BCUT2D eigenvalue weighted by Crippen LogP contribution is 2.37. The maximum Gasteiger partial charge on any atom is 0.215 e. The fourth-order valence-electron chi connectivity index (χ4n) is 5.34. The predicted octanol–water partition coefficient (Wildman–Crippen LogP) is 6.39. The zero-order valence-electron chi connectivity index (χ0n) is 19.8. The first-order chi connectivity index (χ1) is 17.0. The number of ketones is 2. The maximum atomic E-state index is 13.4. The molecule has 0 radical (unpaired) electrons. The summed E-state index contributed by atoms with van der Waals surface area (Å²) in [5.74, 6) is 0.266. The van der Waals surface area contributed by atoms with E-state index in [1.807, 2.05) is 66.7 Å². The average Bonchev–Trinajstić information content (AvgIpc) is 3.21. The lowest BCUT2D eigenvalue weighted by Crippen LogP contribution is -2.33. The van der Waals surface area contributed by atoms with E-state index in [0.29, 0.717) is 11.1 Å². The molecule has 35 heavy (non-hydrogen) atoms. The van der Waals surface area contributed by atoms with E-state index in [2.05, 4.69) is 41.3 Å². The molecular weight excluding hydrogens is 450 g/mol. The van der Waals surface area contributed by atoms with Gasteiger partial charge in [0, 0.05) is 39.6 Å². The fourth-order valence-corrected chi connectivity index (χ4v) is 6.48. The van der Waals surface area contributed by atoms with Crippen LogP contribution >= 0.6 is 0 Å². The van der Waals surface area contributed by atoms with Crippen LogP contribution in [0.3, 0.4) is 0 Å². The lowest BCUT2D eigenvalue weighted by Gasteiger charge is -2.21. The van der Waals surface area contributed by atoms with E-state index >= 15 is 0 Å². The smallest absolute Gasteiger partial charge is 0.215 e. The molecule has 172 valence electrons. The molecule has 6 rings (SSSR count). The highest BCUT2D eigenvalue weighted by Gasteiger charge is 2.36. The molecule has 1 unspecified atom stereocenters. The zero-order chi connectivity index (χ0) is 24.1. The number of hydrogen-bond acceptors (Lipinski definition) is 2. The minimum Gasteiger partial charge on any atom is -0.309 e. The van der Waals surface area contributed by atoms with Gasteiger partial charge in [0.05, 0.1) is 23.5 Å². The van der Waals surface area contributed by atoms with E-state index in [1.165, 1.54) is 0 Å². The SMILES string of the molecule is C[S+](C)C1CCc2cc3c(cc2C1=O)c1cc(C(=O)c2ccccc2)ccc1n3-c1ccccc1. The van der Waals surface area contributed by atoms with E-state index in [9.17, 15) is 9.59 Å². The molecule has 3 nitrogen and oxygen atoms in total. The van der Waals surface area contributed by atoms with Crippen molar-refractivity contribution in [1.29, 1.82) is 0 Å². The highest BCUT2D eigenvalue weighted by molar-refractivity contribution is 7.96. The number of hydrogen-bond donors (Lipinski definition) is 0. The molecule has 1 aliphatic rings. The Bertz CT molecular complexity index is 1600. The second-order valence-corrected chi connectivity index (χ2v) is 11.7. The third-order valence-electron chi connectivity index (χ3n) is 7.11. The second kappa shape index (κ2) is 8.54. The van der Waals surface area contributed by atoms with Gasteiger partial charge < -0.3 is 4.57 Å². The van der Waals surface area contributed by atoms with Crippen molar-refractivity contribution >= 4 is 44.3 Å². The fraction of sp³-hybridized carbons (Fsp3) is 0.161. The first kappa shape index (κ1) is 21.9. The largest absolute Gasteiger partial charge is 0.309 e. The first-order valence-corrected chi connectivity index (χ1v) is 14.0. The summed E-state index contributed by atoms with van der Waals surface area (Å²) in [5, 5.41) is 2.11. The Morgan fingerprint density at radius 3 is 2.20 bits per heavy atom. The highest BCUT2D eigenvalue weighted by atomic mass is 32.2. The van der Waals surface area contributed by atoms with Gasteiger partial charge in [0.2, 0.25) is 5.78 Å². The second-order valence-electron chi connectivity index (χ2n) is 9.40. The number of aryl methyl sites for hydroxylation is 1. The number of carbonyl (C=O) groups is 2. The predicted molar refractivity (Wildman–Crippen MR) is 146 cm³/mol. The Hall–Kier alpha value is -3.63. The minimum absolute atomic E-state index is 0.00298. The lowest BCUT2D eigenvalue weighted by atomic mass is 9.88. The molecule has 1 aromatic heterocycles. The third kappa shape index (κ3) is 3.60. The average molecular weight is 477 g/mol.